The molecule has 2 aromatic heterocycles. The molecule has 0 aliphatic carbocycles. The summed E-state index contributed by atoms with van der Waals surface area (Å²) in [5, 5.41) is 0. The second-order valence-corrected chi connectivity index (χ2v) is 8.28. The van der Waals surface area contributed by atoms with E-state index in [2.05, 4.69) is 47.4 Å². The number of amides is 1. The summed E-state index contributed by atoms with van der Waals surface area (Å²) in [6, 6.07) is 9.93. The highest BCUT2D eigenvalue weighted by molar-refractivity contribution is 7.17. The van der Waals surface area contributed by atoms with Gasteiger partial charge in [0, 0.05) is 12.1 Å². The standard InChI is InChI=1S/C20H19N3OS2/c1-4-7-23-16-9-12(2)8-13(3)18(16)26-20(23)22-19(24)14-5-6-15-17(10-14)25-11-21-15/h5-6,8-11H,4,7H2,1-3H3. The van der Waals surface area contributed by atoms with Crippen LogP contribution in [-0.4, -0.2) is 15.5 Å². The fraction of sp³-hybridized carbons (Fsp3) is 0.250. The van der Waals surface area contributed by atoms with Crippen molar-refractivity contribution in [2.24, 2.45) is 4.99 Å². The number of hydrogen-bond donors (Lipinski definition) is 0. The van der Waals surface area contributed by atoms with Crippen LogP contribution >= 0.6 is 22.7 Å². The normalized spacial score (nSPS) is 12.3. The zero-order valence-corrected chi connectivity index (χ0v) is 16.6. The van der Waals surface area contributed by atoms with Crippen molar-refractivity contribution in [3.63, 3.8) is 0 Å². The van der Waals surface area contributed by atoms with Gasteiger partial charge in [0.1, 0.15) is 0 Å². The van der Waals surface area contributed by atoms with Crippen molar-refractivity contribution in [1.82, 2.24) is 9.55 Å². The predicted molar refractivity (Wildman–Crippen MR) is 109 cm³/mol. The summed E-state index contributed by atoms with van der Waals surface area (Å²) < 4.78 is 4.38. The summed E-state index contributed by atoms with van der Waals surface area (Å²) >= 11 is 3.13. The van der Waals surface area contributed by atoms with Gasteiger partial charge < -0.3 is 4.57 Å². The Morgan fingerprint density at radius 2 is 2.08 bits per heavy atom. The third-order valence-electron chi connectivity index (χ3n) is 4.34. The van der Waals surface area contributed by atoms with Crippen LogP contribution < -0.4 is 4.80 Å². The Balaban J connectivity index is 1.87. The van der Waals surface area contributed by atoms with Crippen molar-refractivity contribution < 1.29 is 4.79 Å². The molecular weight excluding hydrogens is 362 g/mol. The van der Waals surface area contributed by atoms with E-state index < -0.39 is 0 Å². The van der Waals surface area contributed by atoms with Crippen molar-refractivity contribution in [2.75, 3.05) is 0 Å². The fourth-order valence-electron chi connectivity index (χ4n) is 3.18. The molecule has 4 rings (SSSR count). The highest BCUT2D eigenvalue weighted by atomic mass is 32.1. The van der Waals surface area contributed by atoms with E-state index >= 15 is 0 Å². The van der Waals surface area contributed by atoms with Crippen molar-refractivity contribution in [3.05, 3.63) is 57.3 Å². The molecule has 132 valence electrons. The number of carbonyl (C=O) groups is 1. The summed E-state index contributed by atoms with van der Waals surface area (Å²) in [7, 11) is 0. The highest BCUT2D eigenvalue weighted by Gasteiger charge is 2.12. The first kappa shape index (κ1) is 17.1. The summed E-state index contributed by atoms with van der Waals surface area (Å²) in [4.78, 5) is 22.3. The molecule has 2 heterocycles. The zero-order valence-electron chi connectivity index (χ0n) is 14.9. The van der Waals surface area contributed by atoms with E-state index in [1.54, 1.807) is 22.9 Å². The molecule has 26 heavy (non-hydrogen) atoms. The van der Waals surface area contributed by atoms with Gasteiger partial charge in [0.25, 0.3) is 5.91 Å². The molecule has 2 aromatic carbocycles. The van der Waals surface area contributed by atoms with Crippen LogP contribution in [0.2, 0.25) is 0 Å². The minimum absolute atomic E-state index is 0.203. The fourth-order valence-corrected chi connectivity index (χ4v) is 5.00. The van der Waals surface area contributed by atoms with Crippen LogP contribution in [0.25, 0.3) is 20.4 Å². The number of rotatable bonds is 3. The molecule has 4 aromatic rings. The van der Waals surface area contributed by atoms with Crippen LogP contribution in [0.5, 0.6) is 0 Å². The van der Waals surface area contributed by atoms with E-state index in [4.69, 9.17) is 0 Å². The van der Waals surface area contributed by atoms with E-state index in [0.717, 1.165) is 28.0 Å². The minimum atomic E-state index is -0.203. The second-order valence-electron chi connectivity index (χ2n) is 6.42. The third-order valence-corrected chi connectivity index (χ3v) is 6.36. The molecule has 0 unspecified atom stereocenters. The lowest BCUT2D eigenvalue weighted by Gasteiger charge is -2.04. The molecule has 0 aliphatic rings. The van der Waals surface area contributed by atoms with Crippen molar-refractivity contribution in [1.29, 1.82) is 0 Å². The lowest BCUT2D eigenvalue weighted by molar-refractivity contribution is 0.0998. The van der Waals surface area contributed by atoms with E-state index in [0.29, 0.717) is 5.56 Å². The smallest absolute Gasteiger partial charge is 0.279 e. The van der Waals surface area contributed by atoms with Crippen LogP contribution in [0.3, 0.4) is 0 Å². The van der Waals surface area contributed by atoms with Gasteiger partial charge >= 0.3 is 0 Å². The van der Waals surface area contributed by atoms with Crippen LogP contribution in [0.1, 0.15) is 34.8 Å². The maximum Gasteiger partial charge on any atom is 0.279 e. The highest BCUT2D eigenvalue weighted by Crippen LogP contribution is 2.24. The van der Waals surface area contributed by atoms with E-state index in [1.807, 2.05) is 12.1 Å². The molecule has 0 saturated carbocycles. The van der Waals surface area contributed by atoms with Gasteiger partial charge in [-0.15, -0.1) is 11.3 Å². The molecule has 6 heteroatoms. The molecule has 0 atom stereocenters. The van der Waals surface area contributed by atoms with Crippen LogP contribution in [0.4, 0.5) is 0 Å². The van der Waals surface area contributed by atoms with Gasteiger partial charge in [-0.05, 0) is 55.7 Å². The number of carbonyl (C=O) groups excluding carboxylic acids is 1. The summed E-state index contributed by atoms with van der Waals surface area (Å²) in [5.74, 6) is -0.203. The Hall–Kier alpha value is -2.31. The van der Waals surface area contributed by atoms with Gasteiger partial charge in [0.05, 0.1) is 25.9 Å². The number of thiazole rings is 2. The summed E-state index contributed by atoms with van der Waals surface area (Å²) in [6.07, 6.45) is 0.993. The van der Waals surface area contributed by atoms with Crippen molar-refractivity contribution in [2.45, 2.75) is 33.7 Å². The first-order chi connectivity index (χ1) is 12.6. The quantitative estimate of drug-likeness (QED) is 0.497. The van der Waals surface area contributed by atoms with Crippen LogP contribution in [-0.2, 0) is 6.54 Å². The monoisotopic (exact) mass is 381 g/mol. The van der Waals surface area contributed by atoms with Crippen molar-refractivity contribution in [3.8, 4) is 0 Å². The van der Waals surface area contributed by atoms with Crippen LogP contribution in [0, 0.1) is 13.8 Å². The van der Waals surface area contributed by atoms with Gasteiger partial charge in [0.15, 0.2) is 4.80 Å². The lowest BCUT2D eigenvalue weighted by Crippen LogP contribution is -2.16. The molecule has 0 aliphatic heterocycles. The third kappa shape index (κ3) is 2.99. The Morgan fingerprint density at radius 3 is 2.88 bits per heavy atom. The summed E-state index contributed by atoms with van der Waals surface area (Å²) in [6.45, 7) is 7.21. The maximum absolute atomic E-state index is 12.8. The van der Waals surface area contributed by atoms with E-state index in [1.165, 1.54) is 32.7 Å². The number of nitrogens with zero attached hydrogens (tertiary/aromatic N) is 3. The largest absolute Gasteiger partial charge is 0.316 e. The Labute approximate surface area is 159 Å². The van der Waals surface area contributed by atoms with E-state index in [9.17, 15) is 4.79 Å². The molecule has 0 spiro atoms. The molecule has 0 radical (unpaired) electrons. The topological polar surface area (TPSA) is 47.2 Å². The Kier molecular flexibility index (Phi) is 4.46. The first-order valence-corrected chi connectivity index (χ1v) is 10.3. The minimum Gasteiger partial charge on any atom is -0.316 e. The van der Waals surface area contributed by atoms with Gasteiger partial charge in [-0.2, -0.15) is 4.99 Å². The molecule has 0 saturated heterocycles. The van der Waals surface area contributed by atoms with E-state index in [-0.39, 0.29) is 5.91 Å². The van der Waals surface area contributed by atoms with Gasteiger partial charge in [-0.25, -0.2) is 4.98 Å². The average Bonchev–Trinajstić information content (AvgIpc) is 3.20. The molecule has 1 amide bonds. The number of aryl methyl sites for hydroxylation is 3. The molecule has 4 nitrogen and oxygen atoms in total. The number of aromatic nitrogens is 2. The van der Waals surface area contributed by atoms with Gasteiger partial charge in [-0.1, -0.05) is 24.3 Å². The SMILES string of the molecule is CCCn1c(=NC(=O)c2ccc3ncsc3c2)sc2c(C)cc(C)cc21. The predicted octanol–water partition coefficient (Wildman–Crippen LogP) is 5.08. The molecular formula is C20H19N3OS2. The Bertz CT molecular complexity index is 1200. The number of hydrogen-bond acceptors (Lipinski definition) is 4. The maximum atomic E-state index is 12.8. The summed E-state index contributed by atoms with van der Waals surface area (Å²) in [5.41, 5.74) is 6.94. The van der Waals surface area contributed by atoms with Gasteiger partial charge in [-0.3, -0.25) is 4.79 Å². The molecule has 0 fully saturated rings. The zero-order chi connectivity index (χ0) is 18.3. The Morgan fingerprint density at radius 1 is 1.23 bits per heavy atom. The van der Waals surface area contributed by atoms with Gasteiger partial charge in [0.2, 0.25) is 0 Å². The molecule has 0 bridgehead atoms. The number of benzene rings is 2. The first-order valence-electron chi connectivity index (χ1n) is 8.59. The average molecular weight is 382 g/mol. The van der Waals surface area contributed by atoms with Crippen molar-refractivity contribution >= 4 is 49.0 Å². The molecule has 0 N–H and O–H groups in total. The second kappa shape index (κ2) is 6.78. The lowest BCUT2D eigenvalue weighted by atomic mass is 10.1. The van der Waals surface area contributed by atoms with Crippen LogP contribution in [0.15, 0.2) is 40.8 Å². The number of fused-ring (bicyclic) bond motifs is 2.